The third-order valence-corrected chi connectivity index (χ3v) is 5.06. The van der Waals surface area contributed by atoms with Gasteiger partial charge in [0.25, 0.3) is 0 Å². The summed E-state index contributed by atoms with van der Waals surface area (Å²) in [7, 11) is 0. The topological polar surface area (TPSA) is 214 Å². The van der Waals surface area contributed by atoms with Crippen LogP contribution in [-0.2, 0) is 30.4 Å². The Balaban J connectivity index is 3.07. The van der Waals surface area contributed by atoms with Crippen LogP contribution >= 0.6 is 0 Å². The zero-order chi connectivity index (χ0) is 26.7. The van der Waals surface area contributed by atoms with Crippen LogP contribution in [0, 0.1) is 5.92 Å². The molecule has 0 fully saturated rings. The van der Waals surface area contributed by atoms with E-state index in [9.17, 15) is 34.2 Å². The molecular weight excluding hydrogens is 458 g/mol. The number of aliphatic hydroxyl groups excluding tert-OH is 1. The molecule has 1 aromatic rings. The van der Waals surface area contributed by atoms with Crippen molar-refractivity contribution >= 4 is 29.6 Å². The average Bonchev–Trinajstić information content (AvgIpc) is 2.75. The van der Waals surface area contributed by atoms with E-state index in [1.165, 1.54) is 6.92 Å². The second kappa shape index (κ2) is 14.0. The van der Waals surface area contributed by atoms with Gasteiger partial charge in [-0.05, 0) is 24.8 Å². The van der Waals surface area contributed by atoms with Crippen LogP contribution in [0.5, 0.6) is 0 Å². The Morgan fingerprint density at radius 2 is 1.46 bits per heavy atom. The van der Waals surface area contributed by atoms with Crippen LogP contribution in [0.25, 0.3) is 0 Å². The maximum absolute atomic E-state index is 13.1. The fraction of sp³-hybridized carbons (Fsp3) is 0.522. The van der Waals surface area contributed by atoms with Gasteiger partial charge >= 0.3 is 5.97 Å². The van der Waals surface area contributed by atoms with Crippen LogP contribution in [0.1, 0.15) is 39.2 Å². The van der Waals surface area contributed by atoms with E-state index in [2.05, 4.69) is 16.0 Å². The third kappa shape index (κ3) is 10.5. The molecule has 0 aromatic heterocycles. The molecule has 0 aliphatic heterocycles. The largest absolute Gasteiger partial charge is 0.480 e. The SMILES string of the molecule is CC(C)CC(NC(=O)C(NC(=O)C(Cc1ccccc1)NC(=O)C(N)CC(N)=O)C(C)O)C(=O)O. The number of benzene rings is 1. The molecule has 35 heavy (non-hydrogen) atoms. The summed E-state index contributed by atoms with van der Waals surface area (Å²) in [5.74, 6) is -4.59. The lowest BCUT2D eigenvalue weighted by Gasteiger charge is -2.27. The Kier molecular flexibility index (Phi) is 11.8. The molecule has 0 heterocycles. The van der Waals surface area contributed by atoms with Crippen LogP contribution in [0.15, 0.2) is 30.3 Å². The molecule has 9 N–H and O–H groups in total. The minimum atomic E-state index is -1.49. The number of nitrogens with one attached hydrogen (secondary N) is 3. The summed E-state index contributed by atoms with van der Waals surface area (Å²) < 4.78 is 0. The van der Waals surface area contributed by atoms with Crippen LogP contribution in [0.2, 0.25) is 0 Å². The molecule has 12 heteroatoms. The molecule has 0 saturated heterocycles. The molecule has 1 rings (SSSR count). The number of aliphatic hydroxyl groups is 1. The summed E-state index contributed by atoms with van der Waals surface area (Å²) in [4.78, 5) is 60.9. The van der Waals surface area contributed by atoms with Crippen molar-refractivity contribution in [2.75, 3.05) is 0 Å². The van der Waals surface area contributed by atoms with Crippen LogP contribution in [0.3, 0.4) is 0 Å². The van der Waals surface area contributed by atoms with E-state index in [1.54, 1.807) is 44.2 Å². The van der Waals surface area contributed by atoms with Gasteiger partial charge in [0.05, 0.1) is 18.6 Å². The number of nitrogens with two attached hydrogens (primary N) is 2. The van der Waals surface area contributed by atoms with E-state index in [-0.39, 0.29) is 18.8 Å². The molecule has 12 nitrogen and oxygen atoms in total. The van der Waals surface area contributed by atoms with Crippen molar-refractivity contribution in [3.63, 3.8) is 0 Å². The highest BCUT2D eigenvalue weighted by Gasteiger charge is 2.33. The molecule has 0 spiro atoms. The van der Waals surface area contributed by atoms with Gasteiger partial charge in [0, 0.05) is 6.42 Å². The van der Waals surface area contributed by atoms with Crippen LogP contribution in [-0.4, -0.2) is 70.1 Å². The van der Waals surface area contributed by atoms with Gasteiger partial charge in [0.2, 0.25) is 23.6 Å². The first-order valence-electron chi connectivity index (χ1n) is 11.2. The highest BCUT2D eigenvalue weighted by molar-refractivity contribution is 5.95. The van der Waals surface area contributed by atoms with E-state index in [0.717, 1.165) is 0 Å². The molecule has 0 aliphatic rings. The van der Waals surface area contributed by atoms with Crippen molar-refractivity contribution < 1.29 is 34.2 Å². The molecule has 1 aromatic carbocycles. The molecule has 5 atom stereocenters. The lowest BCUT2D eigenvalue weighted by molar-refractivity contribution is -0.143. The first-order valence-corrected chi connectivity index (χ1v) is 11.2. The van der Waals surface area contributed by atoms with Crippen molar-refractivity contribution in [1.82, 2.24) is 16.0 Å². The van der Waals surface area contributed by atoms with Gasteiger partial charge in [-0.2, -0.15) is 0 Å². The van der Waals surface area contributed by atoms with E-state index in [1.807, 2.05) is 0 Å². The van der Waals surface area contributed by atoms with Gasteiger partial charge in [-0.25, -0.2) is 4.79 Å². The van der Waals surface area contributed by atoms with Crippen molar-refractivity contribution in [3.05, 3.63) is 35.9 Å². The molecule has 0 bridgehead atoms. The molecule has 0 aliphatic carbocycles. The normalized spacial score (nSPS) is 15.3. The monoisotopic (exact) mass is 493 g/mol. The van der Waals surface area contributed by atoms with Crippen molar-refractivity contribution in [2.45, 2.75) is 70.3 Å². The van der Waals surface area contributed by atoms with Crippen molar-refractivity contribution in [2.24, 2.45) is 17.4 Å². The molecule has 4 amide bonds. The van der Waals surface area contributed by atoms with Gasteiger partial charge < -0.3 is 37.6 Å². The fourth-order valence-corrected chi connectivity index (χ4v) is 3.26. The summed E-state index contributed by atoms with van der Waals surface area (Å²) in [6, 6.07) is 3.46. The molecule has 5 unspecified atom stereocenters. The summed E-state index contributed by atoms with van der Waals surface area (Å²) in [5, 5.41) is 26.7. The summed E-state index contributed by atoms with van der Waals surface area (Å²) in [6.07, 6.45) is -1.65. The first kappa shape index (κ1) is 29.5. The standard InChI is InChI=1S/C23H35N5O7/c1-12(2)9-17(23(34)35)27-22(33)19(13(3)29)28-21(32)16(10-14-7-5-4-6-8-14)26-20(31)15(24)11-18(25)30/h4-8,12-13,15-17,19,29H,9-11,24H2,1-3H3,(H2,25,30)(H,26,31)(H,27,33)(H,28,32)(H,34,35). The van der Waals surface area contributed by atoms with Gasteiger partial charge in [-0.15, -0.1) is 0 Å². The molecule has 194 valence electrons. The second-order valence-electron chi connectivity index (χ2n) is 8.78. The number of carbonyl (C=O) groups excluding carboxylic acids is 4. The van der Waals surface area contributed by atoms with Gasteiger partial charge in [0.15, 0.2) is 0 Å². The molecule has 0 radical (unpaired) electrons. The Morgan fingerprint density at radius 3 is 1.94 bits per heavy atom. The smallest absolute Gasteiger partial charge is 0.326 e. The minimum absolute atomic E-state index is 0.0148. The van der Waals surface area contributed by atoms with Crippen molar-refractivity contribution in [3.8, 4) is 0 Å². The third-order valence-electron chi connectivity index (χ3n) is 5.06. The van der Waals surface area contributed by atoms with Gasteiger partial charge in [0.1, 0.15) is 18.1 Å². The second-order valence-corrected chi connectivity index (χ2v) is 8.78. The quantitative estimate of drug-likeness (QED) is 0.160. The maximum Gasteiger partial charge on any atom is 0.326 e. The number of hydrogen-bond acceptors (Lipinski definition) is 7. The van der Waals surface area contributed by atoms with Crippen LogP contribution < -0.4 is 27.4 Å². The zero-order valence-electron chi connectivity index (χ0n) is 20.1. The Morgan fingerprint density at radius 1 is 0.886 bits per heavy atom. The first-order chi connectivity index (χ1) is 16.3. The number of rotatable bonds is 14. The van der Waals surface area contributed by atoms with Crippen LogP contribution in [0.4, 0.5) is 0 Å². The highest BCUT2D eigenvalue weighted by Crippen LogP contribution is 2.08. The van der Waals surface area contributed by atoms with E-state index in [4.69, 9.17) is 11.5 Å². The van der Waals surface area contributed by atoms with Crippen molar-refractivity contribution in [1.29, 1.82) is 0 Å². The number of primary amides is 1. The number of hydrogen-bond donors (Lipinski definition) is 7. The zero-order valence-corrected chi connectivity index (χ0v) is 20.1. The number of carboxylic acid groups (broad SMARTS) is 1. The number of carboxylic acids is 1. The van der Waals surface area contributed by atoms with Gasteiger partial charge in [-0.3, -0.25) is 19.2 Å². The predicted molar refractivity (Wildman–Crippen MR) is 126 cm³/mol. The molecular formula is C23H35N5O7. The lowest BCUT2D eigenvalue weighted by Crippen LogP contribution is -2.60. The number of carbonyl (C=O) groups is 5. The number of aliphatic carboxylic acids is 1. The van der Waals surface area contributed by atoms with E-state index >= 15 is 0 Å². The Hall–Kier alpha value is -3.51. The number of amides is 4. The summed E-state index contributed by atoms with van der Waals surface area (Å²) in [5.41, 5.74) is 11.4. The summed E-state index contributed by atoms with van der Waals surface area (Å²) in [6.45, 7) is 4.84. The minimum Gasteiger partial charge on any atom is -0.480 e. The summed E-state index contributed by atoms with van der Waals surface area (Å²) >= 11 is 0. The lowest BCUT2D eigenvalue weighted by atomic mass is 10.0. The average molecular weight is 494 g/mol. The van der Waals surface area contributed by atoms with E-state index in [0.29, 0.717) is 5.56 Å². The fourth-order valence-electron chi connectivity index (χ4n) is 3.26. The van der Waals surface area contributed by atoms with Gasteiger partial charge in [-0.1, -0.05) is 44.2 Å². The highest BCUT2D eigenvalue weighted by atomic mass is 16.4. The van der Waals surface area contributed by atoms with E-state index < -0.39 is 66.3 Å². The predicted octanol–water partition coefficient (Wildman–Crippen LogP) is -1.60. The molecule has 0 saturated carbocycles. The Bertz CT molecular complexity index is 892. The Labute approximate surface area is 203 Å². The maximum atomic E-state index is 13.1.